The standard InChI is InChI=1S/C16H17N5/c1-11-10-18-16(20-15(11)21(2)3)19-14-13-7-5-4-6-12(13)8-9-17-14/h4-10H,1-3H3,(H,17,18,19,20). The second-order valence-electron chi connectivity index (χ2n) is 5.10. The number of anilines is 3. The largest absolute Gasteiger partial charge is 0.362 e. The maximum absolute atomic E-state index is 4.54. The Hall–Kier alpha value is -2.69. The summed E-state index contributed by atoms with van der Waals surface area (Å²) in [6, 6.07) is 10.1. The van der Waals surface area contributed by atoms with Gasteiger partial charge < -0.3 is 10.2 Å². The molecule has 0 fully saturated rings. The summed E-state index contributed by atoms with van der Waals surface area (Å²) in [5.74, 6) is 2.21. The van der Waals surface area contributed by atoms with Gasteiger partial charge in [0.2, 0.25) is 5.95 Å². The Morgan fingerprint density at radius 2 is 1.86 bits per heavy atom. The van der Waals surface area contributed by atoms with Crippen LogP contribution in [0.25, 0.3) is 10.8 Å². The minimum Gasteiger partial charge on any atom is -0.362 e. The third-order valence-corrected chi connectivity index (χ3v) is 3.27. The molecule has 0 aliphatic heterocycles. The first kappa shape index (κ1) is 13.3. The van der Waals surface area contributed by atoms with Crippen LogP contribution in [0.1, 0.15) is 5.56 Å². The zero-order chi connectivity index (χ0) is 14.8. The molecule has 0 spiro atoms. The summed E-state index contributed by atoms with van der Waals surface area (Å²) in [6.45, 7) is 2.00. The summed E-state index contributed by atoms with van der Waals surface area (Å²) in [6.07, 6.45) is 3.60. The highest BCUT2D eigenvalue weighted by atomic mass is 15.2. The van der Waals surface area contributed by atoms with Crippen molar-refractivity contribution >= 4 is 28.4 Å². The first-order chi connectivity index (χ1) is 10.1. The van der Waals surface area contributed by atoms with E-state index in [1.54, 1.807) is 6.20 Å². The van der Waals surface area contributed by atoms with Crippen molar-refractivity contribution in [2.24, 2.45) is 0 Å². The second-order valence-corrected chi connectivity index (χ2v) is 5.10. The Bertz CT molecular complexity index is 777. The Morgan fingerprint density at radius 3 is 2.67 bits per heavy atom. The molecule has 106 valence electrons. The molecule has 3 aromatic rings. The van der Waals surface area contributed by atoms with Crippen LogP contribution in [0, 0.1) is 6.92 Å². The van der Waals surface area contributed by atoms with Gasteiger partial charge in [0.15, 0.2) is 0 Å². The molecule has 0 amide bonds. The highest BCUT2D eigenvalue weighted by Crippen LogP contribution is 2.23. The predicted octanol–water partition coefficient (Wildman–Crippen LogP) is 3.14. The molecule has 21 heavy (non-hydrogen) atoms. The van der Waals surface area contributed by atoms with Gasteiger partial charge in [0.1, 0.15) is 11.6 Å². The Kier molecular flexibility index (Phi) is 3.39. The molecular formula is C16H17N5. The van der Waals surface area contributed by atoms with Gasteiger partial charge in [-0.05, 0) is 18.4 Å². The number of nitrogens with zero attached hydrogens (tertiary/aromatic N) is 4. The molecule has 5 nitrogen and oxygen atoms in total. The van der Waals surface area contributed by atoms with Crippen LogP contribution in [0.4, 0.5) is 17.6 Å². The number of aromatic nitrogens is 3. The van der Waals surface area contributed by atoms with E-state index < -0.39 is 0 Å². The normalized spacial score (nSPS) is 10.6. The number of rotatable bonds is 3. The zero-order valence-electron chi connectivity index (χ0n) is 12.3. The van der Waals surface area contributed by atoms with E-state index in [0.717, 1.165) is 28.0 Å². The molecular weight excluding hydrogens is 262 g/mol. The smallest absolute Gasteiger partial charge is 0.230 e. The lowest BCUT2D eigenvalue weighted by Crippen LogP contribution is -2.14. The van der Waals surface area contributed by atoms with Crippen LogP contribution in [0.2, 0.25) is 0 Å². The van der Waals surface area contributed by atoms with Crippen molar-refractivity contribution in [1.82, 2.24) is 15.0 Å². The fraction of sp³-hybridized carbons (Fsp3) is 0.188. The average molecular weight is 279 g/mol. The molecule has 0 radical (unpaired) electrons. The number of nitrogens with one attached hydrogen (secondary N) is 1. The van der Waals surface area contributed by atoms with E-state index in [9.17, 15) is 0 Å². The average Bonchev–Trinajstić information content (AvgIpc) is 2.49. The lowest BCUT2D eigenvalue weighted by molar-refractivity contribution is 1.02. The zero-order valence-corrected chi connectivity index (χ0v) is 12.3. The van der Waals surface area contributed by atoms with Gasteiger partial charge in [-0.2, -0.15) is 4.98 Å². The fourth-order valence-corrected chi connectivity index (χ4v) is 2.27. The van der Waals surface area contributed by atoms with E-state index in [1.807, 2.05) is 56.4 Å². The molecule has 1 aromatic carbocycles. The number of hydrogen-bond donors (Lipinski definition) is 1. The first-order valence-corrected chi connectivity index (χ1v) is 6.77. The van der Waals surface area contributed by atoms with E-state index in [2.05, 4.69) is 26.3 Å². The Labute approximate surface area is 123 Å². The van der Waals surface area contributed by atoms with E-state index in [1.165, 1.54) is 0 Å². The summed E-state index contributed by atoms with van der Waals surface area (Å²) >= 11 is 0. The molecule has 0 unspecified atom stereocenters. The monoisotopic (exact) mass is 279 g/mol. The lowest BCUT2D eigenvalue weighted by Gasteiger charge is -2.15. The molecule has 1 N–H and O–H groups in total. The SMILES string of the molecule is Cc1cnc(Nc2nccc3ccccc23)nc1N(C)C. The molecule has 2 aromatic heterocycles. The summed E-state index contributed by atoms with van der Waals surface area (Å²) in [5.41, 5.74) is 1.04. The lowest BCUT2D eigenvalue weighted by atomic mass is 10.1. The maximum atomic E-state index is 4.54. The van der Waals surface area contributed by atoms with Crippen molar-refractivity contribution in [2.75, 3.05) is 24.3 Å². The minimum atomic E-state index is 0.549. The third kappa shape index (κ3) is 2.63. The Balaban J connectivity index is 2.01. The van der Waals surface area contributed by atoms with Crippen LogP contribution in [0.3, 0.4) is 0 Å². The molecule has 0 saturated heterocycles. The molecule has 3 rings (SSSR count). The van der Waals surface area contributed by atoms with Crippen LogP contribution in [-0.4, -0.2) is 29.0 Å². The number of pyridine rings is 1. The van der Waals surface area contributed by atoms with E-state index in [0.29, 0.717) is 5.95 Å². The third-order valence-electron chi connectivity index (χ3n) is 3.27. The topological polar surface area (TPSA) is 53.9 Å². The van der Waals surface area contributed by atoms with Crippen molar-refractivity contribution in [3.05, 3.63) is 48.3 Å². The van der Waals surface area contributed by atoms with Crippen molar-refractivity contribution in [2.45, 2.75) is 6.92 Å². The van der Waals surface area contributed by atoms with Crippen molar-refractivity contribution < 1.29 is 0 Å². The van der Waals surface area contributed by atoms with Gasteiger partial charge >= 0.3 is 0 Å². The van der Waals surface area contributed by atoms with Gasteiger partial charge in [0, 0.05) is 37.4 Å². The molecule has 0 atom stereocenters. The van der Waals surface area contributed by atoms with E-state index in [-0.39, 0.29) is 0 Å². The van der Waals surface area contributed by atoms with Gasteiger partial charge in [-0.15, -0.1) is 0 Å². The van der Waals surface area contributed by atoms with Crippen LogP contribution >= 0.6 is 0 Å². The maximum Gasteiger partial charge on any atom is 0.230 e. The van der Waals surface area contributed by atoms with E-state index >= 15 is 0 Å². The highest BCUT2D eigenvalue weighted by molar-refractivity contribution is 5.92. The van der Waals surface area contributed by atoms with Crippen LogP contribution in [-0.2, 0) is 0 Å². The molecule has 0 saturated carbocycles. The van der Waals surface area contributed by atoms with E-state index in [4.69, 9.17) is 0 Å². The molecule has 0 aliphatic carbocycles. The van der Waals surface area contributed by atoms with Crippen molar-refractivity contribution in [3.63, 3.8) is 0 Å². The van der Waals surface area contributed by atoms with Gasteiger partial charge in [-0.25, -0.2) is 9.97 Å². The summed E-state index contributed by atoms with van der Waals surface area (Å²) in [5, 5.41) is 5.40. The minimum absolute atomic E-state index is 0.549. The molecule has 0 bridgehead atoms. The van der Waals surface area contributed by atoms with Crippen molar-refractivity contribution in [3.8, 4) is 0 Å². The molecule has 0 aliphatic rings. The number of fused-ring (bicyclic) bond motifs is 1. The van der Waals surface area contributed by atoms with Crippen LogP contribution < -0.4 is 10.2 Å². The fourth-order valence-electron chi connectivity index (χ4n) is 2.27. The molecule has 2 heterocycles. The number of aryl methyl sites for hydroxylation is 1. The summed E-state index contributed by atoms with van der Waals surface area (Å²) < 4.78 is 0. The van der Waals surface area contributed by atoms with Gasteiger partial charge in [0.05, 0.1) is 0 Å². The summed E-state index contributed by atoms with van der Waals surface area (Å²) in [7, 11) is 3.94. The quantitative estimate of drug-likeness (QED) is 0.798. The molecule has 5 heteroatoms. The Morgan fingerprint density at radius 1 is 1.05 bits per heavy atom. The van der Waals surface area contributed by atoms with Crippen LogP contribution in [0.15, 0.2) is 42.7 Å². The summed E-state index contributed by atoms with van der Waals surface area (Å²) in [4.78, 5) is 15.2. The highest BCUT2D eigenvalue weighted by Gasteiger charge is 2.08. The predicted molar refractivity (Wildman–Crippen MR) is 86.1 cm³/mol. The van der Waals surface area contributed by atoms with Crippen molar-refractivity contribution in [1.29, 1.82) is 0 Å². The van der Waals surface area contributed by atoms with Crippen LogP contribution in [0.5, 0.6) is 0 Å². The number of hydrogen-bond acceptors (Lipinski definition) is 5. The number of benzene rings is 1. The first-order valence-electron chi connectivity index (χ1n) is 6.77. The second kappa shape index (κ2) is 5.36. The van der Waals surface area contributed by atoms with Gasteiger partial charge in [-0.1, -0.05) is 24.3 Å². The van der Waals surface area contributed by atoms with Gasteiger partial charge in [0.25, 0.3) is 0 Å². The van der Waals surface area contributed by atoms with Gasteiger partial charge in [-0.3, -0.25) is 0 Å².